The Morgan fingerprint density at radius 1 is 0.375 bits per heavy atom. The molecule has 0 atom stereocenters. The molecule has 1 aliphatic carbocycles. The molecular formula is C66H65N5Si. The molecule has 0 saturated carbocycles. The highest BCUT2D eigenvalue weighted by Gasteiger charge is 2.22. The molecule has 1 aliphatic rings. The van der Waals surface area contributed by atoms with E-state index < -0.39 is 8.07 Å². The van der Waals surface area contributed by atoms with Crippen LogP contribution in [0.5, 0.6) is 0 Å². The summed E-state index contributed by atoms with van der Waals surface area (Å²) in [7, 11) is -1.82. The second kappa shape index (κ2) is 20.4. The summed E-state index contributed by atoms with van der Waals surface area (Å²) in [6.45, 7) is 57.9. The highest BCUT2D eigenvalue weighted by molar-refractivity contribution is 6.83. The normalized spacial score (nSPS) is 16.3. The number of nitrogens with zero attached hydrogens (tertiary/aromatic N) is 5. The van der Waals surface area contributed by atoms with Gasteiger partial charge in [-0.1, -0.05) is 169 Å². The highest BCUT2D eigenvalue weighted by atomic mass is 28.3. The number of allylic oxidation sites excluding steroid dienone is 2. The van der Waals surface area contributed by atoms with Crippen LogP contribution in [0.15, 0.2) is 91.0 Å². The fourth-order valence-corrected chi connectivity index (χ4v) is 8.72. The summed E-state index contributed by atoms with van der Waals surface area (Å²) >= 11 is 0. The van der Waals surface area contributed by atoms with Gasteiger partial charge in [0.25, 0.3) is 0 Å². The van der Waals surface area contributed by atoms with Gasteiger partial charge in [-0.3, -0.25) is 0 Å². The van der Waals surface area contributed by atoms with Gasteiger partial charge in [-0.05, 0) is 160 Å². The van der Waals surface area contributed by atoms with Gasteiger partial charge in [0.2, 0.25) is 0 Å². The van der Waals surface area contributed by atoms with E-state index in [0.29, 0.717) is 50.5 Å². The summed E-state index contributed by atoms with van der Waals surface area (Å²) in [6.07, 6.45) is 9.42. The first kappa shape index (κ1) is 53.4. The number of hydrogen-bond donors (Lipinski definition) is 0. The maximum absolute atomic E-state index is 11.0. The largest absolute Gasteiger partial charge is 0.238 e. The van der Waals surface area contributed by atoms with E-state index in [2.05, 4.69) is 189 Å². The van der Waals surface area contributed by atoms with Crippen LogP contribution < -0.4 is 0 Å². The van der Waals surface area contributed by atoms with Gasteiger partial charge in [0.05, 0.1) is 43.0 Å². The summed E-state index contributed by atoms with van der Waals surface area (Å²) in [5.74, 6) is 3.42. The fraction of sp³-hybridized carbons (Fsp3) is 0.288. The van der Waals surface area contributed by atoms with Gasteiger partial charge in [0, 0.05) is 5.56 Å². The lowest BCUT2D eigenvalue weighted by Gasteiger charge is -2.22. The quantitative estimate of drug-likeness (QED) is 0.0882. The van der Waals surface area contributed by atoms with Crippen molar-refractivity contribution >= 4 is 66.7 Å². The molecule has 5 nitrogen and oxygen atoms in total. The van der Waals surface area contributed by atoms with E-state index in [4.69, 9.17) is 19.7 Å². The first-order valence-electron chi connectivity index (χ1n) is 24.3. The van der Waals surface area contributed by atoms with Crippen LogP contribution in [-0.4, -0.2) is 8.07 Å². The maximum Gasteiger partial charge on any atom is 0.194 e. The first-order chi connectivity index (χ1) is 33.5. The van der Waals surface area contributed by atoms with Crippen LogP contribution in [0.2, 0.25) is 19.6 Å². The van der Waals surface area contributed by atoms with Crippen LogP contribution in [0, 0.1) is 53.8 Å². The van der Waals surface area contributed by atoms with Gasteiger partial charge in [0.1, 0.15) is 8.07 Å². The minimum Gasteiger partial charge on any atom is -0.238 e. The van der Waals surface area contributed by atoms with Crippen molar-refractivity contribution in [1.82, 2.24) is 0 Å². The second-order valence-corrected chi connectivity index (χ2v) is 28.7. The SMILES string of the molecule is [C-]#[N+]/C1=C\c2cc(cc(C(C)(C)C)c2)/C([N+]#[C-])=C/c2cc(cc(C(C)(C)C)c2)/C([N+]#[C-])=C/c2cc(C#C[Si](C)(C)C)cc(c2)/C(C#N)=C/c2cc(cc(C(C)(C)C)c2)C(C#N)=Cc2cc1cc(C(C)(C)C)c2. The molecule has 10 bridgehead atoms. The van der Waals surface area contributed by atoms with Crippen molar-refractivity contribution in [2.45, 2.75) is 124 Å². The lowest BCUT2D eigenvalue weighted by atomic mass is 9.83. The summed E-state index contributed by atoms with van der Waals surface area (Å²) in [6, 6.07) is 35.3. The average Bonchev–Trinajstić information content (AvgIpc) is 3.29. The molecule has 0 amide bonds. The Balaban J connectivity index is 1.81. The van der Waals surface area contributed by atoms with E-state index in [9.17, 15) is 10.5 Å². The molecular weight excluding hydrogens is 891 g/mol. The highest BCUT2D eigenvalue weighted by Crippen LogP contribution is 2.37. The minimum absolute atomic E-state index is 0.289. The van der Waals surface area contributed by atoms with Crippen molar-refractivity contribution in [2.75, 3.05) is 0 Å². The molecule has 0 unspecified atom stereocenters. The molecule has 0 heterocycles. The molecule has 0 spiro atoms. The lowest BCUT2D eigenvalue weighted by molar-refractivity contribution is 0.589. The van der Waals surface area contributed by atoms with Crippen LogP contribution in [0.3, 0.4) is 0 Å². The van der Waals surface area contributed by atoms with Gasteiger partial charge >= 0.3 is 0 Å². The minimum atomic E-state index is -1.82. The van der Waals surface area contributed by atoms with Gasteiger partial charge < -0.3 is 0 Å². The fourth-order valence-electron chi connectivity index (χ4n) is 8.20. The van der Waals surface area contributed by atoms with Gasteiger partial charge in [-0.25, -0.2) is 14.5 Å². The zero-order valence-electron chi connectivity index (χ0n) is 44.8. The standard InChI is InChI=1S/C66H65N5Si/c1-63(2,3)56-30-45-24-50(37-56)55(42-68)29-46-25-51(38-57(31-46)64(4,5)6)61(70-14)35-48-27-53(40-59(33-48)66(10,11)12)62(71-15)36-47-26-52(39-58(32-47)65(7,8)9)60(69-13)34-44-21-43(19-20-72(16,17)18)22-49(23-44)54(28-45)41-67/h21-40H,1-12,16-18H3/b54-28+,55-29?,60-34-,61-35-,62-36-. The van der Waals surface area contributed by atoms with Crippen molar-refractivity contribution < 1.29 is 0 Å². The Bertz CT molecular complexity index is 3440. The van der Waals surface area contributed by atoms with Crippen molar-refractivity contribution in [1.29, 1.82) is 10.5 Å². The van der Waals surface area contributed by atoms with Gasteiger partial charge in [-0.2, -0.15) is 10.5 Å². The second-order valence-electron chi connectivity index (χ2n) is 24.0. The Labute approximate surface area is 431 Å². The predicted octanol–water partition coefficient (Wildman–Crippen LogP) is 17.8. The Kier molecular flexibility index (Phi) is 15.1. The third-order valence-corrected chi connectivity index (χ3v) is 13.3. The summed E-state index contributed by atoms with van der Waals surface area (Å²) in [5.41, 5.74) is 16.5. The van der Waals surface area contributed by atoms with Crippen LogP contribution in [0.1, 0.15) is 167 Å². The molecule has 5 aromatic carbocycles. The van der Waals surface area contributed by atoms with Crippen molar-refractivity contribution in [3.63, 3.8) is 0 Å². The number of benzene rings is 5. The van der Waals surface area contributed by atoms with Crippen LogP contribution >= 0.6 is 0 Å². The topological polar surface area (TPSA) is 60.7 Å². The lowest BCUT2D eigenvalue weighted by Crippen LogP contribution is -2.16. The number of hydrogen-bond acceptors (Lipinski definition) is 2. The predicted molar refractivity (Wildman–Crippen MR) is 308 cm³/mol. The molecule has 6 heteroatoms. The third kappa shape index (κ3) is 13.3. The van der Waals surface area contributed by atoms with Crippen molar-refractivity contribution in [3.8, 4) is 23.6 Å². The molecule has 358 valence electrons. The molecule has 0 N–H and O–H groups in total. The summed E-state index contributed by atoms with van der Waals surface area (Å²) in [5, 5.41) is 21.9. The van der Waals surface area contributed by atoms with E-state index >= 15 is 0 Å². The number of nitriles is 2. The molecule has 5 aromatic rings. The van der Waals surface area contributed by atoms with Crippen molar-refractivity contribution in [2.24, 2.45) is 0 Å². The molecule has 0 aromatic heterocycles. The van der Waals surface area contributed by atoms with E-state index in [-0.39, 0.29) is 21.7 Å². The summed E-state index contributed by atoms with van der Waals surface area (Å²) < 4.78 is 0. The molecule has 72 heavy (non-hydrogen) atoms. The monoisotopic (exact) mass is 956 g/mol. The van der Waals surface area contributed by atoms with Crippen LogP contribution in [0.25, 0.3) is 73.2 Å². The van der Waals surface area contributed by atoms with Crippen LogP contribution in [0.4, 0.5) is 0 Å². The Morgan fingerprint density at radius 3 is 0.944 bits per heavy atom. The van der Waals surface area contributed by atoms with Gasteiger partial charge in [0.15, 0.2) is 17.1 Å². The van der Waals surface area contributed by atoms with Crippen LogP contribution in [-0.2, 0) is 21.7 Å². The molecule has 0 aliphatic heterocycles. The zero-order chi connectivity index (χ0) is 53.1. The maximum atomic E-state index is 11.0. The Morgan fingerprint density at radius 2 is 0.653 bits per heavy atom. The number of fused-ring (bicyclic) bond motifs is 10. The molecule has 0 saturated heterocycles. The average molecular weight is 956 g/mol. The number of rotatable bonds is 0. The smallest absolute Gasteiger partial charge is 0.194 e. The van der Waals surface area contributed by atoms with Gasteiger partial charge in [-0.15, -0.1) is 5.54 Å². The van der Waals surface area contributed by atoms with Crippen molar-refractivity contribution in [3.05, 3.63) is 209 Å². The summed E-state index contributed by atoms with van der Waals surface area (Å²) in [4.78, 5) is 12.4. The van der Waals surface area contributed by atoms with E-state index in [1.54, 1.807) is 0 Å². The molecule has 6 rings (SSSR count). The third-order valence-electron chi connectivity index (χ3n) is 12.5. The zero-order valence-corrected chi connectivity index (χ0v) is 45.8. The van der Waals surface area contributed by atoms with E-state index in [1.807, 2.05) is 72.8 Å². The Hall–Kier alpha value is -7.97. The van der Waals surface area contributed by atoms with E-state index in [0.717, 1.165) is 61.2 Å². The van der Waals surface area contributed by atoms with E-state index in [1.165, 1.54) is 0 Å². The molecule has 0 radical (unpaired) electrons. The molecule has 0 fully saturated rings. The first-order valence-corrected chi connectivity index (χ1v) is 27.8.